The van der Waals surface area contributed by atoms with Crippen LogP contribution in [0.15, 0.2) is 40.2 Å². The van der Waals surface area contributed by atoms with Crippen molar-refractivity contribution in [3.8, 4) is 5.75 Å². The highest BCUT2D eigenvalue weighted by atomic mass is 79.9. The molecule has 0 radical (unpaired) electrons. The van der Waals surface area contributed by atoms with E-state index in [9.17, 15) is 0 Å². The summed E-state index contributed by atoms with van der Waals surface area (Å²) in [4.78, 5) is 1.42. The predicted octanol–water partition coefficient (Wildman–Crippen LogP) is 4.67. The van der Waals surface area contributed by atoms with Crippen LogP contribution in [0.3, 0.4) is 0 Å². The number of halogens is 1. The van der Waals surface area contributed by atoms with Gasteiger partial charge in [-0.3, -0.25) is 0 Å². The third kappa shape index (κ3) is 5.46. The second-order valence-electron chi connectivity index (χ2n) is 5.12. The van der Waals surface area contributed by atoms with Crippen LogP contribution in [0.5, 0.6) is 5.75 Å². The Balaban J connectivity index is 2.04. The molecule has 0 amide bonds. The molecule has 0 saturated heterocycles. The number of thiophene rings is 1. The van der Waals surface area contributed by atoms with Crippen LogP contribution in [0.4, 0.5) is 0 Å². The van der Waals surface area contributed by atoms with Crippen LogP contribution in [-0.4, -0.2) is 19.7 Å². The molecule has 2 nitrogen and oxygen atoms in total. The van der Waals surface area contributed by atoms with Crippen LogP contribution >= 0.6 is 27.3 Å². The molecule has 2 rings (SSSR count). The molecule has 0 aliphatic heterocycles. The lowest BCUT2D eigenvalue weighted by molar-refractivity contribution is 0.413. The van der Waals surface area contributed by atoms with E-state index in [1.165, 1.54) is 14.2 Å². The summed E-state index contributed by atoms with van der Waals surface area (Å²) < 4.78 is 6.52. The molecular formula is C17H22BrNOS. The summed E-state index contributed by atoms with van der Waals surface area (Å²) in [5, 5.41) is 3.66. The van der Waals surface area contributed by atoms with Gasteiger partial charge in [0, 0.05) is 10.9 Å². The van der Waals surface area contributed by atoms with Gasteiger partial charge in [0.1, 0.15) is 5.75 Å². The minimum Gasteiger partial charge on any atom is -0.497 e. The van der Waals surface area contributed by atoms with Crippen molar-refractivity contribution in [3.63, 3.8) is 0 Å². The Hall–Kier alpha value is -0.840. The van der Waals surface area contributed by atoms with E-state index in [4.69, 9.17) is 4.74 Å². The van der Waals surface area contributed by atoms with Gasteiger partial charge in [-0.15, -0.1) is 11.3 Å². The van der Waals surface area contributed by atoms with Crippen molar-refractivity contribution in [2.75, 3.05) is 13.7 Å². The minimum absolute atomic E-state index is 0.461. The smallest absolute Gasteiger partial charge is 0.119 e. The van der Waals surface area contributed by atoms with E-state index < -0.39 is 0 Å². The molecule has 4 heteroatoms. The maximum Gasteiger partial charge on any atom is 0.119 e. The van der Waals surface area contributed by atoms with Crippen molar-refractivity contribution in [1.29, 1.82) is 0 Å². The third-order valence-corrected chi connectivity index (χ3v) is 5.02. The Bertz CT molecular complexity index is 555. The van der Waals surface area contributed by atoms with Gasteiger partial charge in [0.15, 0.2) is 0 Å². The molecule has 1 atom stereocenters. The van der Waals surface area contributed by atoms with Crippen molar-refractivity contribution < 1.29 is 4.74 Å². The largest absolute Gasteiger partial charge is 0.497 e. The van der Waals surface area contributed by atoms with Crippen LogP contribution in [-0.2, 0) is 12.8 Å². The SMILES string of the molecule is CCCNC(Cc1cccc(OC)c1)Cc1ccc(Br)s1. The molecule has 0 aliphatic rings. The first kappa shape index (κ1) is 16.5. The summed E-state index contributed by atoms with van der Waals surface area (Å²) in [6.07, 6.45) is 3.24. The topological polar surface area (TPSA) is 21.3 Å². The molecule has 1 aromatic heterocycles. The molecule has 0 bridgehead atoms. The van der Waals surface area contributed by atoms with E-state index in [1.54, 1.807) is 7.11 Å². The molecule has 2 aromatic rings. The van der Waals surface area contributed by atoms with E-state index in [0.29, 0.717) is 6.04 Å². The molecule has 1 aromatic carbocycles. The lowest BCUT2D eigenvalue weighted by Crippen LogP contribution is -2.33. The zero-order valence-corrected chi connectivity index (χ0v) is 15.0. The molecule has 0 fully saturated rings. The van der Waals surface area contributed by atoms with Gasteiger partial charge >= 0.3 is 0 Å². The van der Waals surface area contributed by atoms with Crippen LogP contribution in [0.25, 0.3) is 0 Å². The van der Waals surface area contributed by atoms with Gasteiger partial charge in [-0.05, 0) is 71.6 Å². The first-order valence-corrected chi connectivity index (χ1v) is 8.92. The molecular weight excluding hydrogens is 346 g/mol. The Kier molecular flexibility index (Phi) is 6.74. The van der Waals surface area contributed by atoms with Crippen LogP contribution in [0.2, 0.25) is 0 Å². The molecule has 0 saturated carbocycles. The normalized spacial score (nSPS) is 12.3. The maximum absolute atomic E-state index is 5.31. The summed E-state index contributed by atoms with van der Waals surface area (Å²) in [6, 6.07) is 13.2. The Labute approximate surface area is 139 Å². The summed E-state index contributed by atoms with van der Waals surface area (Å²) in [5.41, 5.74) is 1.32. The first-order chi connectivity index (χ1) is 10.2. The summed E-state index contributed by atoms with van der Waals surface area (Å²) in [5.74, 6) is 0.931. The van der Waals surface area contributed by atoms with E-state index in [2.05, 4.69) is 58.5 Å². The predicted molar refractivity (Wildman–Crippen MR) is 94.5 cm³/mol. The average Bonchev–Trinajstić information content (AvgIpc) is 2.90. The number of hydrogen-bond donors (Lipinski definition) is 1. The molecule has 0 aliphatic carbocycles. The van der Waals surface area contributed by atoms with Crippen molar-refractivity contribution in [3.05, 3.63) is 50.6 Å². The number of rotatable bonds is 8. The third-order valence-electron chi connectivity index (χ3n) is 3.38. The number of hydrogen-bond acceptors (Lipinski definition) is 3. The number of nitrogens with one attached hydrogen (secondary N) is 1. The van der Waals surface area contributed by atoms with Crippen molar-refractivity contribution in [1.82, 2.24) is 5.32 Å². The lowest BCUT2D eigenvalue weighted by atomic mass is 10.0. The maximum atomic E-state index is 5.31. The summed E-state index contributed by atoms with van der Waals surface area (Å²) in [6.45, 7) is 3.26. The Morgan fingerprint density at radius 1 is 1.24 bits per heavy atom. The fourth-order valence-corrected chi connectivity index (χ4v) is 3.92. The lowest BCUT2D eigenvalue weighted by Gasteiger charge is -2.18. The highest BCUT2D eigenvalue weighted by Crippen LogP contribution is 2.24. The highest BCUT2D eigenvalue weighted by molar-refractivity contribution is 9.11. The molecule has 114 valence electrons. The molecule has 1 heterocycles. The van der Waals surface area contributed by atoms with Gasteiger partial charge < -0.3 is 10.1 Å². The zero-order valence-electron chi connectivity index (χ0n) is 12.6. The Morgan fingerprint density at radius 2 is 2.10 bits per heavy atom. The van der Waals surface area contributed by atoms with Crippen LogP contribution in [0, 0.1) is 0 Å². The van der Waals surface area contributed by atoms with Crippen molar-refractivity contribution in [2.24, 2.45) is 0 Å². The van der Waals surface area contributed by atoms with E-state index in [-0.39, 0.29) is 0 Å². The minimum atomic E-state index is 0.461. The van der Waals surface area contributed by atoms with Gasteiger partial charge in [-0.2, -0.15) is 0 Å². The molecule has 1 unspecified atom stereocenters. The monoisotopic (exact) mass is 367 g/mol. The Morgan fingerprint density at radius 3 is 2.76 bits per heavy atom. The van der Waals surface area contributed by atoms with E-state index in [0.717, 1.165) is 31.6 Å². The second-order valence-corrected chi connectivity index (χ2v) is 7.66. The first-order valence-electron chi connectivity index (χ1n) is 7.31. The standard InChI is InChI=1S/C17H22BrNOS/c1-3-9-19-14(12-16-7-8-17(18)21-16)10-13-5-4-6-15(11-13)20-2/h4-8,11,14,19H,3,9-10,12H2,1-2H3. The van der Waals surface area contributed by atoms with Crippen molar-refractivity contribution in [2.45, 2.75) is 32.2 Å². The fourth-order valence-electron chi connectivity index (χ4n) is 2.35. The molecule has 21 heavy (non-hydrogen) atoms. The second kappa shape index (κ2) is 8.57. The van der Waals surface area contributed by atoms with Gasteiger partial charge in [0.25, 0.3) is 0 Å². The number of benzene rings is 1. The van der Waals surface area contributed by atoms with E-state index in [1.807, 2.05) is 17.4 Å². The van der Waals surface area contributed by atoms with Gasteiger partial charge in [0.2, 0.25) is 0 Å². The number of ether oxygens (including phenoxy) is 1. The average molecular weight is 368 g/mol. The van der Waals surface area contributed by atoms with Crippen LogP contribution < -0.4 is 10.1 Å². The highest BCUT2D eigenvalue weighted by Gasteiger charge is 2.12. The molecule has 1 N–H and O–H groups in total. The summed E-state index contributed by atoms with van der Waals surface area (Å²) >= 11 is 5.36. The van der Waals surface area contributed by atoms with Gasteiger partial charge in [-0.25, -0.2) is 0 Å². The van der Waals surface area contributed by atoms with Gasteiger partial charge in [0.05, 0.1) is 10.9 Å². The van der Waals surface area contributed by atoms with Crippen molar-refractivity contribution >= 4 is 27.3 Å². The van der Waals surface area contributed by atoms with Gasteiger partial charge in [-0.1, -0.05) is 19.1 Å². The quantitative estimate of drug-likeness (QED) is 0.731. The fraction of sp³-hybridized carbons (Fsp3) is 0.412. The number of methoxy groups -OCH3 is 1. The van der Waals surface area contributed by atoms with Crippen LogP contribution in [0.1, 0.15) is 23.8 Å². The van der Waals surface area contributed by atoms with E-state index >= 15 is 0 Å². The molecule has 0 spiro atoms. The summed E-state index contributed by atoms with van der Waals surface area (Å²) in [7, 11) is 1.72. The zero-order chi connectivity index (χ0) is 15.1.